The van der Waals surface area contributed by atoms with Crippen molar-refractivity contribution in [1.82, 2.24) is 0 Å². The summed E-state index contributed by atoms with van der Waals surface area (Å²) in [6.45, 7) is 26.8. The second-order valence-corrected chi connectivity index (χ2v) is 37.8. The first kappa shape index (κ1) is 107. The lowest BCUT2D eigenvalue weighted by Crippen LogP contribution is -2.08. The maximum absolute atomic E-state index is 7.47. The van der Waals surface area contributed by atoms with Crippen molar-refractivity contribution in [2.75, 3.05) is 46.2 Å². The first-order valence-electron chi connectivity index (χ1n) is 54.4. The number of hydrogen-bond acceptors (Lipinski definition) is 7. The Labute approximate surface area is 824 Å². The van der Waals surface area contributed by atoms with Crippen LogP contribution in [0.15, 0.2) is 158 Å². The SMILES string of the molecule is CCCCCCOc1cc2c3cc(OCCCCCC)c(OCCCCCC)cc3c3cc(OCCCCCCCCCCOc4c(C#Cc5ccc(CCCCC)cc5)c(C#Cc5ccc(CCCCC)cc5)c(C#Cc5ccc(CCCCC)cc5)c(C#Cc5ccc(CCCCC)cc5)c4C#Cc4ccc(CCCCC)cc4)c(OCCCCCC)cc3c2cc1OCCCCCC. The van der Waals surface area contributed by atoms with Gasteiger partial charge in [0, 0.05) is 27.8 Å². The Kier molecular flexibility index (Phi) is 50.9. The zero-order valence-corrected chi connectivity index (χ0v) is 85.8. The maximum atomic E-state index is 7.47. The van der Waals surface area contributed by atoms with E-state index < -0.39 is 0 Å². The molecule has 724 valence electrons. The second-order valence-electron chi connectivity index (χ2n) is 37.8. The van der Waals surface area contributed by atoms with Gasteiger partial charge in [0.25, 0.3) is 0 Å². The molecular formula is C129H166O7. The number of benzene rings is 10. The quantitative estimate of drug-likeness (QED) is 0.0214. The molecule has 0 radical (unpaired) electrons. The molecule has 7 heteroatoms. The molecule has 0 amide bonds. The summed E-state index contributed by atoms with van der Waals surface area (Å²) in [5, 5.41) is 6.54. The summed E-state index contributed by atoms with van der Waals surface area (Å²) in [4.78, 5) is 0. The average molecular weight is 1830 g/mol. The number of rotatable bonds is 63. The molecule has 0 bridgehead atoms. The third-order valence-corrected chi connectivity index (χ3v) is 26.2. The van der Waals surface area contributed by atoms with Crippen LogP contribution < -0.4 is 33.2 Å². The van der Waals surface area contributed by atoms with E-state index in [1.165, 1.54) is 150 Å². The molecule has 0 fully saturated rings. The lowest BCUT2D eigenvalue weighted by molar-refractivity contribution is 0.259. The summed E-state index contributed by atoms with van der Waals surface area (Å²) < 4.78 is 48.8. The molecule has 0 aliphatic heterocycles. The molecule has 10 aromatic carbocycles. The fraction of sp³-hybridized carbons (Fsp3) is 0.504. The normalized spacial score (nSPS) is 11.0. The summed E-state index contributed by atoms with van der Waals surface area (Å²) in [6, 6.07) is 57.7. The fourth-order valence-electron chi connectivity index (χ4n) is 17.7. The van der Waals surface area contributed by atoms with Gasteiger partial charge in [-0.2, -0.15) is 0 Å². The van der Waals surface area contributed by atoms with E-state index in [1.807, 2.05) is 0 Å². The van der Waals surface area contributed by atoms with Gasteiger partial charge < -0.3 is 33.2 Å². The van der Waals surface area contributed by atoms with E-state index in [4.69, 9.17) is 33.2 Å². The second kappa shape index (κ2) is 64.5. The number of hydrogen-bond donors (Lipinski definition) is 0. The number of fused-ring (bicyclic) bond motifs is 6. The third kappa shape index (κ3) is 37.0. The summed E-state index contributed by atoms with van der Waals surface area (Å²) in [5.41, 5.74) is 14.6. The van der Waals surface area contributed by atoms with Gasteiger partial charge in [-0.05, 0) is 266 Å². The number of unbranched alkanes of at least 4 members (excludes halogenated alkanes) is 32. The van der Waals surface area contributed by atoms with Gasteiger partial charge in [0.1, 0.15) is 0 Å². The monoisotopic (exact) mass is 1830 g/mol. The highest BCUT2D eigenvalue weighted by Gasteiger charge is 2.25. The minimum atomic E-state index is 0.450. The minimum absolute atomic E-state index is 0.450. The highest BCUT2D eigenvalue weighted by atomic mass is 16.5. The van der Waals surface area contributed by atoms with Crippen LogP contribution in [0, 0.1) is 59.2 Å². The van der Waals surface area contributed by atoms with Crippen LogP contribution in [0.2, 0.25) is 0 Å². The van der Waals surface area contributed by atoms with E-state index in [2.05, 4.69) is 286 Å². The standard InChI is InChI=1S/C129H166O7/c1-11-21-31-47-89-130-123-96-117-118-97-124(131-90-48-32-22-12-2)126(133-92-50-34-24-14-4)99-120(118)122-101-128(127(134-93-51-35-25-15-5)100-121(122)119(117)98-125(123)132-91-49-33-23-13-3)135-94-52-40-38-36-37-39-41-53-95-136-129-115(87-82-110-75-65-105(66-76-110)57-45-29-19-9)113(85-80-108-71-61-103(62-72-108)55-43-27-17-7)112(84-79-107-69-59-102(60-70-107)54-42-26-16-6)114(86-81-109-73-63-104(64-74-109)56-44-28-18-8)116(129)88-83-111-77-67-106(68-78-111)58-46-30-20-10/h59-78,96-101H,11-58,89-95H2,1-10H3. The zero-order valence-electron chi connectivity index (χ0n) is 85.8. The molecule has 10 aromatic rings. The zero-order chi connectivity index (χ0) is 95.5. The summed E-state index contributed by atoms with van der Waals surface area (Å²) in [6.07, 6.45) is 53.5. The van der Waals surface area contributed by atoms with Crippen molar-refractivity contribution in [3.05, 3.63) is 241 Å². The summed E-state index contributed by atoms with van der Waals surface area (Å²) in [5.74, 6) is 42.7. The molecule has 0 spiro atoms. The van der Waals surface area contributed by atoms with Gasteiger partial charge in [-0.1, -0.05) is 388 Å². The molecule has 0 aliphatic rings. The van der Waals surface area contributed by atoms with Crippen molar-refractivity contribution in [2.24, 2.45) is 0 Å². The molecular weight excluding hydrogens is 1660 g/mol. The molecule has 0 heterocycles. The first-order chi connectivity index (χ1) is 67.1. The largest absolute Gasteiger partial charge is 0.491 e. The molecule has 0 saturated heterocycles. The summed E-state index contributed by atoms with van der Waals surface area (Å²) in [7, 11) is 0. The van der Waals surface area contributed by atoms with Gasteiger partial charge in [0.05, 0.1) is 74.1 Å². The summed E-state index contributed by atoms with van der Waals surface area (Å²) >= 11 is 0. The van der Waals surface area contributed by atoms with Crippen molar-refractivity contribution < 1.29 is 33.2 Å². The number of aryl methyl sites for hydroxylation is 5. The lowest BCUT2D eigenvalue weighted by atomic mass is 9.89. The Bertz CT molecular complexity index is 5260. The van der Waals surface area contributed by atoms with Crippen molar-refractivity contribution in [3.8, 4) is 99.5 Å². The van der Waals surface area contributed by atoms with Crippen LogP contribution in [0.5, 0.6) is 40.2 Å². The third-order valence-electron chi connectivity index (χ3n) is 26.2. The van der Waals surface area contributed by atoms with Gasteiger partial charge in [-0.3, -0.25) is 0 Å². The van der Waals surface area contributed by atoms with Crippen LogP contribution in [-0.4, -0.2) is 46.2 Å². The molecule has 0 aliphatic carbocycles. The van der Waals surface area contributed by atoms with Gasteiger partial charge in [0.2, 0.25) is 0 Å². The maximum Gasteiger partial charge on any atom is 0.161 e. The molecule has 0 saturated carbocycles. The Morgan fingerprint density at radius 2 is 0.309 bits per heavy atom. The van der Waals surface area contributed by atoms with E-state index in [9.17, 15) is 0 Å². The van der Waals surface area contributed by atoms with Crippen molar-refractivity contribution in [3.63, 3.8) is 0 Å². The van der Waals surface area contributed by atoms with Gasteiger partial charge >= 0.3 is 0 Å². The predicted molar refractivity (Wildman–Crippen MR) is 580 cm³/mol. The van der Waals surface area contributed by atoms with Crippen molar-refractivity contribution in [2.45, 2.75) is 377 Å². The van der Waals surface area contributed by atoms with E-state index in [0.29, 0.717) is 79.8 Å². The Morgan fingerprint density at radius 1 is 0.154 bits per heavy atom. The van der Waals surface area contributed by atoms with E-state index in [0.717, 1.165) is 281 Å². The van der Waals surface area contributed by atoms with Crippen LogP contribution in [0.1, 0.15) is 429 Å². The Hall–Kier alpha value is -10.6. The van der Waals surface area contributed by atoms with Gasteiger partial charge in [-0.15, -0.1) is 0 Å². The topological polar surface area (TPSA) is 64.6 Å². The smallest absolute Gasteiger partial charge is 0.161 e. The molecule has 0 unspecified atom stereocenters. The van der Waals surface area contributed by atoms with Gasteiger partial charge in [-0.25, -0.2) is 0 Å². The van der Waals surface area contributed by atoms with Crippen LogP contribution in [0.25, 0.3) is 32.3 Å². The highest BCUT2D eigenvalue weighted by molar-refractivity contribution is 6.27. The van der Waals surface area contributed by atoms with Crippen molar-refractivity contribution >= 4 is 32.3 Å². The van der Waals surface area contributed by atoms with Crippen LogP contribution >= 0.6 is 0 Å². The van der Waals surface area contributed by atoms with Crippen LogP contribution in [0.4, 0.5) is 0 Å². The number of ether oxygens (including phenoxy) is 7. The van der Waals surface area contributed by atoms with Crippen molar-refractivity contribution in [1.29, 1.82) is 0 Å². The predicted octanol–water partition coefficient (Wildman–Crippen LogP) is 35.2. The Balaban J connectivity index is 0.983. The lowest BCUT2D eigenvalue weighted by Gasteiger charge is -2.21. The minimum Gasteiger partial charge on any atom is -0.491 e. The average Bonchev–Trinajstić information content (AvgIpc) is 0.693. The van der Waals surface area contributed by atoms with Gasteiger partial charge in [0.15, 0.2) is 40.2 Å². The highest BCUT2D eigenvalue weighted by Crippen LogP contribution is 2.48. The van der Waals surface area contributed by atoms with E-state index in [1.54, 1.807) is 0 Å². The first-order valence-corrected chi connectivity index (χ1v) is 54.4. The van der Waals surface area contributed by atoms with E-state index in [-0.39, 0.29) is 0 Å². The molecule has 136 heavy (non-hydrogen) atoms. The molecule has 0 atom stereocenters. The molecule has 0 N–H and O–H groups in total. The fourth-order valence-corrected chi connectivity index (χ4v) is 17.7. The molecule has 10 rings (SSSR count). The van der Waals surface area contributed by atoms with Crippen LogP contribution in [0.3, 0.4) is 0 Å². The van der Waals surface area contributed by atoms with Crippen LogP contribution in [-0.2, 0) is 32.1 Å². The Morgan fingerprint density at radius 3 is 0.500 bits per heavy atom. The molecule has 0 aromatic heterocycles. The van der Waals surface area contributed by atoms with E-state index >= 15 is 0 Å². The molecule has 7 nitrogen and oxygen atoms in total.